The van der Waals surface area contributed by atoms with Crippen LogP contribution in [0.25, 0.3) is 0 Å². The Morgan fingerprint density at radius 2 is 1.75 bits per heavy atom. The number of fused-ring (bicyclic) bond motifs is 1. The van der Waals surface area contributed by atoms with Gasteiger partial charge in [0.25, 0.3) is 5.91 Å². The van der Waals surface area contributed by atoms with E-state index in [4.69, 9.17) is 18.9 Å². The van der Waals surface area contributed by atoms with Crippen molar-refractivity contribution in [3.8, 4) is 23.0 Å². The fraction of sp³-hybridized carbons (Fsp3) is 0.278. The molecular weight excluding hydrogens is 310 g/mol. The van der Waals surface area contributed by atoms with Crippen LogP contribution in [-0.4, -0.2) is 32.3 Å². The van der Waals surface area contributed by atoms with Crippen LogP contribution in [-0.2, 0) is 4.79 Å². The van der Waals surface area contributed by atoms with E-state index in [0.29, 0.717) is 28.7 Å². The lowest BCUT2D eigenvalue weighted by Crippen LogP contribution is -2.46. The molecule has 0 radical (unpaired) electrons. The van der Waals surface area contributed by atoms with Crippen molar-refractivity contribution >= 4 is 11.6 Å². The van der Waals surface area contributed by atoms with Crippen molar-refractivity contribution in [2.45, 2.75) is 19.1 Å². The Labute approximate surface area is 140 Å². The molecule has 24 heavy (non-hydrogen) atoms. The molecule has 0 spiro atoms. The molecule has 0 fully saturated rings. The smallest absolute Gasteiger partial charge is 0.269 e. The van der Waals surface area contributed by atoms with Crippen LogP contribution in [0, 0.1) is 0 Å². The highest BCUT2D eigenvalue weighted by molar-refractivity contribution is 5.96. The Morgan fingerprint density at radius 1 is 1.04 bits per heavy atom. The molecule has 1 heterocycles. The summed E-state index contributed by atoms with van der Waals surface area (Å²) in [6, 6.07) is 12.4. The van der Waals surface area contributed by atoms with Crippen molar-refractivity contribution in [1.82, 2.24) is 0 Å². The number of rotatable bonds is 4. The summed E-state index contributed by atoms with van der Waals surface area (Å²) in [7, 11) is 3.10. The maximum atomic E-state index is 12.6. The first kappa shape index (κ1) is 16.0. The Kier molecular flexibility index (Phi) is 4.46. The molecule has 1 aliphatic heterocycles. The highest BCUT2D eigenvalue weighted by Gasteiger charge is 2.34. The first-order valence-corrected chi connectivity index (χ1v) is 7.57. The number of carbonyl (C=O) groups excluding carboxylic acids is 1. The minimum atomic E-state index is -0.768. The molecule has 2 aromatic carbocycles. The van der Waals surface area contributed by atoms with Crippen LogP contribution in [0.15, 0.2) is 42.5 Å². The third kappa shape index (κ3) is 3.08. The number of benzene rings is 2. The molecule has 6 heteroatoms. The zero-order valence-electron chi connectivity index (χ0n) is 13.7. The Balaban J connectivity index is 1.80. The van der Waals surface area contributed by atoms with Gasteiger partial charge < -0.3 is 24.3 Å². The lowest BCUT2D eigenvalue weighted by molar-refractivity contribution is -0.128. The number of para-hydroxylation sites is 2. The van der Waals surface area contributed by atoms with Gasteiger partial charge in [-0.2, -0.15) is 0 Å². The van der Waals surface area contributed by atoms with Crippen molar-refractivity contribution in [1.29, 1.82) is 0 Å². The third-order valence-electron chi connectivity index (χ3n) is 3.77. The van der Waals surface area contributed by atoms with E-state index in [2.05, 4.69) is 5.32 Å². The van der Waals surface area contributed by atoms with E-state index in [1.165, 1.54) is 7.11 Å². The Bertz CT molecular complexity index is 746. The zero-order valence-corrected chi connectivity index (χ0v) is 13.7. The molecule has 1 amide bonds. The summed E-state index contributed by atoms with van der Waals surface area (Å²) in [5, 5.41) is 2.82. The normalized spacial score (nSPS) is 18.6. The van der Waals surface area contributed by atoms with Crippen molar-refractivity contribution < 1.29 is 23.7 Å². The van der Waals surface area contributed by atoms with E-state index < -0.39 is 12.2 Å². The first-order valence-electron chi connectivity index (χ1n) is 7.57. The Morgan fingerprint density at radius 3 is 2.42 bits per heavy atom. The molecule has 2 aromatic rings. The van der Waals surface area contributed by atoms with Gasteiger partial charge in [0.1, 0.15) is 17.6 Å². The van der Waals surface area contributed by atoms with Crippen molar-refractivity contribution in [3.63, 3.8) is 0 Å². The maximum absolute atomic E-state index is 12.6. The SMILES string of the molecule is COc1ccc(OC)c(NC(=O)[C@@H]2Oc3ccccc3O[C@H]2C)c1. The number of methoxy groups -OCH3 is 2. The lowest BCUT2D eigenvalue weighted by Gasteiger charge is -2.31. The first-order chi connectivity index (χ1) is 11.6. The summed E-state index contributed by atoms with van der Waals surface area (Å²) in [4.78, 5) is 12.6. The number of carbonyl (C=O) groups is 1. The summed E-state index contributed by atoms with van der Waals surface area (Å²) in [5.74, 6) is 2.02. The van der Waals surface area contributed by atoms with E-state index >= 15 is 0 Å². The lowest BCUT2D eigenvalue weighted by atomic mass is 10.1. The molecule has 126 valence electrons. The number of nitrogens with one attached hydrogen (secondary N) is 1. The monoisotopic (exact) mass is 329 g/mol. The summed E-state index contributed by atoms with van der Waals surface area (Å²) in [5.41, 5.74) is 0.511. The Hall–Kier alpha value is -2.89. The van der Waals surface area contributed by atoms with Gasteiger partial charge in [-0.1, -0.05) is 12.1 Å². The fourth-order valence-electron chi connectivity index (χ4n) is 2.52. The van der Waals surface area contributed by atoms with Gasteiger partial charge in [0, 0.05) is 6.07 Å². The van der Waals surface area contributed by atoms with Crippen LogP contribution in [0.5, 0.6) is 23.0 Å². The van der Waals surface area contributed by atoms with Crippen molar-refractivity contribution in [3.05, 3.63) is 42.5 Å². The number of hydrogen-bond acceptors (Lipinski definition) is 5. The largest absolute Gasteiger partial charge is 0.497 e. The van der Waals surface area contributed by atoms with Crippen LogP contribution in [0.2, 0.25) is 0 Å². The second-order valence-electron chi connectivity index (χ2n) is 5.36. The summed E-state index contributed by atoms with van der Waals surface area (Å²) >= 11 is 0. The van der Waals surface area contributed by atoms with Gasteiger partial charge in [-0.15, -0.1) is 0 Å². The highest BCUT2D eigenvalue weighted by atomic mass is 16.6. The summed E-state index contributed by atoms with van der Waals surface area (Å²) < 4.78 is 22.0. The topological polar surface area (TPSA) is 66.0 Å². The van der Waals surface area contributed by atoms with Gasteiger partial charge in [-0.3, -0.25) is 4.79 Å². The van der Waals surface area contributed by atoms with Gasteiger partial charge in [0.15, 0.2) is 11.5 Å². The van der Waals surface area contributed by atoms with Gasteiger partial charge in [0.05, 0.1) is 19.9 Å². The fourth-order valence-corrected chi connectivity index (χ4v) is 2.52. The predicted molar refractivity (Wildman–Crippen MR) is 89.1 cm³/mol. The summed E-state index contributed by atoms with van der Waals surface area (Å²) in [6.07, 6.45) is -1.19. The quantitative estimate of drug-likeness (QED) is 0.934. The summed E-state index contributed by atoms with van der Waals surface area (Å²) in [6.45, 7) is 1.79. The zero-order chi connectivity index (χ0) is 17.1. The standard InChI is InChI=1S/C18H19NO5/c1-11-17(24-16-7-5-4-6-15(16)23-11)18(20)19-13-10-12(21-2)8-9-14(13)22-3/h4-11,17H,1-3H3,(H,19,20)/t11-,17+/m0/s1. The average Bonchev–Trinajstić information content (AvgIpc) is 2.60. The molecule has 2 atom stereocenters. The third-order valence-corrected chi connectivity index (χ3v) is 3.77. The maximum Gasteiger partial charge on any atom is 0.269 e. The molecule has 1 N–H and O–H groups in total. The van der Waals surface area contributed by atoms with Gasteiger partial charge >= 0.3 is 0 Å². The number of amides is 1. The molecule has 0 aromatic heterocycles. The molecular formula is C18H19NO5. The van der Waals surface area contributed by atoms with E-state index in [1.54, 1.807) is 38.3 Å². The minimum absolute atomic E-state index is 0.316. The van der Waals surface area contributed by atoms with Crippen molar-refractivity contribution in [2.75, 3.05) is 19.5 Å². The van der Waals surface area contributed by atoms with E-state index in [-0.39, 0.29) is 5.91 Å². The molecule has 3 rings (SSSR count). The van der Waals surface area contributed by atoms with Crippen LogP contribution >= 0.6 is 0 Å². The van der Waals surface area contributed by atoms with E-state index in [0.717, 1.165) is 0 Å². The number of anilines is 1. The number of ether oxygens (including phenoxy) is 4. The molecule has 0 unspecified atom stereocenters. The van der Waals surface area contributed by atoms with Crippen molar-refractivity contribution in [2.24, 2.45) is 0 Å². The van der Waals surface area contributed by atoms with Crippen LogP contribution in [0.4, 0.5) is 5.69 Å². The van der Waals surface area contributed by atoms with Crippen LogP contribution in [0.1, 0.15) is 6.92 Å². The highest BCUT2D eigenvalue weighted by Crippen LogP contribution is 2.34. The van der Waals surface area contributed by atoms with Gasteiger partial charge in [0.2, 0.25) is 6.10 Å². The van der Waals surface area contributed by atoms with E-state index in [9.17, 15) is 4.79 Å². The second kappa shape index (κ2) is 6.70. The molecule has 6 nitrogen and oxygen atoms in total. The van der Waals surface area contributed by atoms with Gasteiger partial charge in [-0.25, -0.2) is 0 Å². The molecule has 0 saturated heterocycles. The molecule has 0 saturated carbocycles. The van der Waals surface area contributed by atoms with E-state index in [1.807, 2.05) is 18.2 Å². The average molecular weight is 329 g/mol. The number of hydrogen-bond donors (Lipinski definition) is 1. The molecule has 1 aliphatic rings. The molecule has 0 bridgehead atoms. The minimum Gasteiger partial charge on any atom is -0.497 e. The van der Waals surface area contributed by atoms with Crippen LogP contribution < -0.4 is 24.3 Å². The predicted octanol–water partition coefficient (Wildman–Crippen LogP) is 2.87. The second-order valence-corrected chi connectivity index (χ2v) is 5.36. The van der Waals surface area contributed by atoms with Crippen LogP contribution in [0.3, 0.4) is 0 Å². The van der Waals surface area contributed by atoms with Gasteiger partial charge in [-0.05, 0) is 31.2 Å². The molecule has 0 aliphatic carbocycles.